The molecule has 0 saturated heterocycles. The molecule has 2 heterocycles. The normalized spacial score (nSPS) is 13.2. The minimum Gasteiger partial charge on any atom is -0.336 e. The fraction of sp³-hybridized carbons (Fsp3) is 0.333. The Bertz CT molecular complexity index is 696. The molecule has 0 aliphatic carbocycles. The van der Waals surface area contributed by atoms with Crippen LogP contribution >= 0.6 is 35.6 Å². The lowest BCUT2D eigenvalue weighted by Crippen LogP contribution is -2.30. The summed E-state index contributed by atoms with van der Waals surface area (Å²) >= 11 is 12.0. The standard InChI is InChI=1S/C15H16Cl2N4O.ClH/c1-21(8-9-4-10(16)6-11(17)5-9)15(22)14-12-7-18-3-2-13(12)19-20-14;/h4-6,18H,2-3,7-8H2,1H3,(H,19,20);1H. The molecule has 0 fully saturated rings. The van der Waals surface area contributed by atoms with Crippen molar-refractivity contribution in [3.8, 4) is 0 Å². The number of hydrogen-bond donors (Lipinski definition) is 2. The predicted molar refractivity (Wildman–Crippen MR) is 93.5 cm³/mol. The van der Waals surface area contributed by atoms with Gasteiger partial charge in [0.2, 0.25) is 0 Å². The van der Waals surface area contributed by atoms with Crippen molar-refractivity contribution in [2.24, 2.45) is 0 Å². The number of aromatic amines is 1. The second-order valence-electron chi connectivity index (χ2n) is 5.40. The number of nitrogens with zero attached hydrogens (tertiary/aromatic N) is 2. The van der Waals surface area contributed by atoms with E-state index >= 15 is 0 Å². The largest absolute Gasteiger partial charge is 0.336 e. The summed E-state index contributed by atoms with van der Waals surface area (Å²) in [5, 5.41) is 11.5. The molecular formula is C15H17Cl3N4O. The van der Waals surface area contributed by atoms with Gasteiger partial charge in [-0.05, 0) is 23.8 Å². The van der Waals surface area contributed by atoms with Crippen molar-refractivity contribution < 1.29 is 4.79 Å². The van der Waals surface area contributed by atoms with E-state index in [4.69, 9.17) is 23.2 Å². The fourth-order valence-electron chi connectivity index (χ4n) is 2.63. The molecule has 0 atom stereocenters. The molecule has 8 heteroatoms. The molecule has 0 radical (unpaired) electrons. The Morgan fingerprint density at radius 1 is 1.30 bits per heavy atom. The number of H-pyrrole nitrogens is 1. The van der Waals surface area contributed by atoms with Crippen LogP contribution in [-0.2, 0) is 19.5 Å². The summed E-state index contributed by atoms with van der Waals surface area (Å²) in [6, 6.07) is 5.28. The van der Waals surface area contributed by atoms with E-state index in [-0.39, 0.29) is 18.3 Å². The minimum atomic E-state index is -0.114. The van der Waals surface area contributed by atoms with Crippen molar-refractivity contribution >= 4 is 41.5 Å². The quantitative estimate of drug-likeness (QED) is 0.867. The maximum atomic E-state index is 12.6. The Hall–Kier alpha value is -1.27. The highest BCUT2D eigenvalue weighted by atomic mass is 35.5. The zero-order valence-corrected chi connectivity index (χ0v) is 14.9. The van der Waals surface area contributed by atoms with Crippen LogP contribution in [0.15, 0.2) is 18.2 Å². The molecule has 1 aliphatic heterocycles. The van der Waals surface area contributed by atoms with Gasteiger partial charge in [0, 0.05) is 54.4 Å². The molecule has 1 aromatic heterocycles. The summed E-state index contributed by atoms with van der Waals surface area (Å²) in [6.45, 7) is 2.00. The van der Waals surface area contributed by atoms with Crippen LogP contribution in [0, 0.1) is 0 Å². The Labute approximate surface area is 150 Å². The Morgan fingerprint density at radius 2 is 2.00 bits per heavy atom. The summed E-state index contributed by atoms with van der Waals surface area (Å²) < 4.78 is 0. The number of fused-ring (bicyclic) bond motifs is 1. The van der Waals surface area contributed by atoms with Crippen LogP contribution in [0.25, 0.3) is 0 Å². The Morgan fingerprint density at radius 3 is 2.70 bits per heavy atom. The van der Waals surface area contributed by atoms with E-state index in [9.17, 15) is 4.79 Å². The molecule has 0 saturated carbocycles. The molecule has 5 nitrogen and oxygen atoms in total. The summed E-state index contributed by atoms with van der Waals surface area (Å²) in [6.07, 6.45) is 0.864. The van der Waals surface area contributed by atoms with Crippen LogP contribution in [0.4, 0.5) is 0 Å². The van der Waals surface area contributed by atoms with Crippen LogP contribution < -0.4 is 5.32 Å². The third-order valence-electron chi connectivity index (χ3n) is 3.70. The van der Waals surface area contributed by atoms with Crippen LogP contribution in [0.3, 0.4) is 0 Å². The van der Waals surface area contributed by atoms with Gasteiger partial charge in [-0.2, -0.15) is 5.10 Å². The van der Waals surface area contributed by atoms with Crippen molar-refractivity contribution in [1.29, 1.82) is 0 Å². The van der Waals surface area contributed by atoms with E-state index in [2.05, 4.69) is 15.5 Å². The number of halogens is 3. The number of aromatic nitrogens is 2. The monoisotopic (exact) mass is 374 g/mol. The second-order valence-corrected chi connectivity index (χ2v) is 6.27. The Balaban J connectivity index is 0.00000192. The molecule has 124 valence electrons. The zero-order chi connectivity index (χ0) is 15.7. The average Bonchev–Trinajstić information content (AvgIpc) is 2.89. The molecule has 3 rings (SSSR count). The highest BCUT2D eigenvalue weighted by Gasteiger charge is 2.24. The number of benzene rings is 1. The van der Waals surface area contributed by atoms with Gasteiger partial charge >= 0.3 is 0 Å². The summed E-state index contributed by atoms with van der Waals surface area (Å²) in [7, 11) is 1.74. The fourth-order valence-corrected chi connectivity index (χ4v) is 3.20. The summed E-state index contributed by atoms with van der Waals surface area (Å²) in [4.78, 5) is 14.2. The zero-order valence-electron chi connectivity index (χ0n) is 12.5. The van der Waals surface area contributed by atoms with E-state index in [1.54, 1.807) is 30.1 Å². The topological polar surface area (TPSA) is 61.0 Å². The lowest BCUT2D eigenvalue weighted by atomic mass is 10.1. The average molecular weight is 376 g/mol. The second kappa shape index (κ2) is 7.53. The van der Waals surface area contributed by atoms with Crippen molar-refractivity contribution in [2.45, 2.75) is 19.5 Å². The van der Waals surface area contributed by atoms with Gasteiger partial charge in [0.15, 0.2) is 5.69 Å². The van der Waals surface area contributed by atoms with Gasteiger partial charge in [-0.3, -0.25) is 9.89 Å². The highest BCUT2D eigenvalue weighted by molar-refractivity contribution is 6.34. The van der Waals surface area contributed by atoms with Gasteiger partial charge < -0.3 is 10.2 Å². The predicted octanol–water partition coefficient (Wildman–Crippen LogP) is 3.06. The number of hydrogen-bond acceptors (Lipinski definition) is 3. The molecule has 1 aromatic carbocycles. The van der Waals surface area contributed by atoms with Gasteiger partial charge in [0.1, 0.15) is 0 Å². The van der Waals surface area contributed by atoms with Gasteiger partial charge in [0.05, 0.1) is 0 Å². The van der Waals surface area contributed by atoms with Crippen LogP contribution in [0.1, 0.15) is 27.3 Å². The van der Waals surface area contributed by atoms with Crippen molar-refractivity contribution in [3.63, 3.8) is 0 Å². The van der Waals surface area contributed by atoms with Gasteiger partial charge in [-0.25, -0.2) is 0 Å². The lowest BCUT2D eigenvalue weighted by molar-refractivity contribution is 0.0778. The van der Waals surface area contributed by atoms with Crippen molar-refractivity contribution in [2.75, 3.05) is 13.6 Å². The van der Waals surface area contributed by atoms with Gasteiger partial charge in [0.25, 0.3) is 5.91 Å². The first-order valence-electron chi connectivity index (χ1n) is 7.02. The van der Waals surface area contributed by atoms with Crippen molar-refractivity contribution in [1.82, 2.24) is 20.4 Å². The molecule has 0 spiro atoms. The number of rotatable bonds is 3. The first-order chi connectivity index (χ1) is 10.5. The van der Waals surface area contributed by atoms with E-state index < -0.39 is 0 Å². The maximum Gasteiger partial charge on any atom is 0.274 e. The molecule has 2 aromatic rings. The Kier molecular flexibility index (Phi) is 5.92. The third-order valence-corrected chi connectivity index (χ3v) is 4.13. The van der Waals surface area contributed by atoms with E-state index in [1.807, 2.05) is 0 Å². The SMILES string of the molecule is CN(Cc1cc(Cl)cc(Cl)c1)C(=O)c1n[nH]c2c1CNCC2.Cl. The van der Waals surface area contributed by atoms with E-state index in [1.165, 1.54) is 0 Å². The molecule has 1 amide bonds. The molecule has 2 N–H and O–H groups in total. The third kappa shape index (κ3) is 3.98. The maximum absolute atomic E-state index is 12.6. The number of nitrogens with one attached hydrogen (secondary N) is 2. The van der Waals surface area contributed by atoms with Crippen LogP contribution in [0.2, 0.25) is 10.0 Å². The van der Waals surface area contributed by atoms with E-state index in [0.29, 0.717) is 28.8 Å². The molecule has 1 aliphatic rings. The molecule has 0 unspecified atom stereocenters. The molecule has 0 bridgehead atoms. The van der Waals surface area contributed by atoms with Crippen LogP contribution in [-0.4, -0.2) is 34.6 Å². The van der Waals surface area contributed by atoms with Crippen LogP contribution in [0.5, 0.6) is 0 Å². The van der Waals surface area contributed by atoms with E-state index in [0.717, 1.165) is 29.8 Å². The first kappa shape index (κ1) is 18.1. The highest BCUT2D eigenvalue weighted by Crippen LogP contribution is 2.21. The molecule has 23 heavy (non-hydrogen) atoms. The smallest absolute Gasteiger partial charge is 0.274 e. The lowest BCUT2D eigenvalue weighted by Gasteiger charge is -2.18. The number of carbonyl (C=O) groups excluding carboxylic acids is 1. The number of amides is 1. The first-order valence-corrected chi connectivity index (χ1v) is 7.77. The van der Waals surface area contributed by atoms with Gasteiger partial charge in [-0.15, -0.1) is 12.4 Å². The minimum absolute atomic E-state index is 0. The molecular weight excluding hydrogens is 359 g/mol. The summed E-state index contributed by atoms with van der Waals surface area (Å²) in [5.41, 5.74) is 3.38. The van der Waals surface area contributed by atoms with Crippen molar-refractivity contribution in [3.05, 3.63) is 50.8 Å². The number of carbonyl (C=O) groups is 1. The summed E-state index contributed by atoms with van der Waals surface area (Å²) in [5.74, 6) is -0.114. The van der Waals surface area contributed by atoms with Gasteiger partial charge in [-0.1, -0.05) is 23.2 Å².